The highest BCUT2D eigenvalue weighted by Crippen LogP contribution is 2.30. The summed E-state index contributed by atoms with van der Waals surface area (Å²) >= 11 is 0. The van der Waals surface area contributed by atoms with Gasteiger partial charge in [0.25, 0.3) is 0 Å². The van der Waals surface area contributed by atoms with Gasteiger partial charge in [0, 0.05) is 5.41 Å². The van der Waals surface area contributed by atoms with Crippen molar-refractivity contribution in [2.24, 2.45) is 5.41 Å². The zero-order valence-corrected chi connectivity index (χ0v) is 13.6. The van der Waals surface area contributed by atoms with Crippen molar-refractivity contribution in [3.8, 4) is 0 Å². The molecule has 3 nitrogen and oxygen atoms in total. The molecule has 0 aliphatic carbocycles. The lowest BCUT2D eigenvalue weighted by Crippen LogP contribution is -2.32. The SMILES string of the molecule is CCCCCCCC(C)(C)C(C)OC(=O)OC(C)C. The Kier molecular flexibility index (Phi) is 8.86. The van der Waals surface area contributed by atoms with E-state index in [4.69, 9.17) is 9.47 Å². The summed E-state index contributed by atoms with van der Waals surface area (Å²) in [6, 6.07) is 0. The summed E-state index contributed by atoms with van der Waals surface area (Å²) < 4.78 is 10.4. The highest BCUT2D eigenvalue weighted by atomic mass is 16.7. The molecule has 19 heavy (non-hydrogen) atoms. The molecule has 0 aromatic rings. The second kappa shape index (κ2) is 9.22. The van der Waals surface area contributed by atoms with Crippen LogP contribution in [0.25, 0.3) is 0 Å². The monoisotopic (exact) mass is 272 g/mol. The van der Waals surface area contributed by atoms with E-state index in [0.717, 1.165) is 6.42 Å². The molecule has 0 fully saturated rings. The Hall–Kier alpha value is -0.730. The molecule has 0 saturated carbocycles. The van der Waals surface area contributed by atoms with Crippen molar-refractivity contribution in [3.05, 3.63) is 0 Å². The molecule has 0 radical (unpaired) electrons. The Morgan fingerprint density at radius 3 is 2.11 bits per heavy atom. The zero-order chi connectivity index (χ0) is 14.9. The summed E-state index contributed by atoms with van der Waals surface area (Å²) in [7, 11) is 0. The topological polar surface area (TPSA) is 35.5 Å². The van der Waals surface area contributed by atoms with Crippen molar-refractivity contribution in [2.75, 3.05) is 0 Å². The Morgan fingerprint density at radius 2 is 1.58 bits per heavy atom. The zero-order valence-electron chi connectivity index (χ0n) is 13.6. The van der Waals surface area contributed by atoms with Gasteiger partial charge in [-0.05, 0) is 27.2 Å². The third-order valence-corrected chi connectivity index (χ3v) is 3.63. The van der Waals surface area contributed by atoms with Gasteiger partial charge in [-0.1, -0.05) is 52.9 Å². The van der Waals surface area contributed by atoms with E-state index in [1.165, 1.54) is 32.1 Å². The van der Waals surface area contributed by atoms with Crippen LogP contribution in [0.1, 0.15) is 80.1 Å². The molecule has 0 saturated heterocycles. The Labute approximate surface area is 119 Å². The lowest BCUT2D eigenvalue weighted by molar-refractivity contribution is -0.0277. The van der Waals surface area contributed by atoms with Gasteiger partial charge in [0.1, 0.15) is 6.10 Å². The van der Waals surface area contributed by atoms with E-state index in [1.54, 1.807) is 0 Å². The second-order valence-electron chi connectivity index (χ2n) is 6.33. The minimum atomic E-state index is -0.554. The van der Waals surface area contributed by atoms with Crippen molar-refractivity contribution >= 4 is 6.16 Å². The van der Waals surface area contributed by atoms with Gasteiger partial charge in [0.05, 0.1) is 6.10 Å². The molecule has 0 aliphatic rings. The summed E-state index contributed by atoms with van der Waals surface area (Å²) in [5.41, 5.74) is 0.00220. The van der Waals surface area contributed by atoms with Gasteiger partial charge >= 0.3 is 6.16 Å². The van der Waals surface area contributed by atoms with Gasteiger partial charge in [-0.15, -0.1) is 0 Å². The first-order valence-corrected chi connectivity index (χ1v) is 7.67. The fourth-order valence-electron chi connectivity index (χ4n) is 1.91. The van der Waals surface area contributed by atoms with E-state index >= 15 is 0 Å². The predicted octanol–water partition coefficient (Wildman–Crippen LogP) is 5.32. The molecule has 1 atom stereocenters. The number of carbonyl (C=O) groups is 1. The first-order valence-electron chi connectivity index (χ1n) is 7.67. The average Bonchev–Trinajstić information content (AvgIpc) is 2.27. The molecule has 0 rings (SSSR count). The number of hydrogen-bond donors (Lipinski definition) is 0. The van der Waals surface area contributed by atoms with E-state index in [2.05, 4.69) is 20.8 Å². The van der Waals surface area contributed by atoms with Crippen LogP contribution in [-0.2, 0) is 9.47 Å². The maximum absolute atomic E-state index is 11.5. The van der Waals surface area contributed by atoms with Crippen molar-refractivity contribution in [1.29, 1.82) is 0 Å². The largest absolute Gasteiger partial charge is 0.508 e. The lowest BCUT2D eigenvalue weighted by atomic mass is 9.82. The number of carbonyl (C=O) groups excluding carboxylic acids is 1. The smallest absolute Gasteiger partial charge is 0.432 e. The van der Waals surface area contributed by atoms with Crippen molar-refractivity contribution in [3.63, 3.8) is 0 Å². The van der Waals surface area contributed by atoms with Crippen molar-refractivity contribution in [1.82, 2.24) is 0 Å². The molecule has 0 N–H and O–H groups in total. The summed E-state index contributed by atoms with van der Waals surface area (Å²) in [5.74, 6) is 0. The third kappa shape index (κ3) is 8.90. The Morgan fingerprint density at radius 1 is 1.00 bits per heavy atom. The molecule has 0 bridgehead atoms. The molecule has 0 heterocycles. The van der Waals surface area contributed by atoms with Crippen LogP contribution < -0.4 is 0 Å². The number of unbranched alkanes of at least 4 members (excludes halogenated alkanes) is 4. The molecule has 0 spiro atoms. The van der Waals surface area contributed by atoms with E-state index in [-0.39, 0.29) is 17.6 Å². The van der Waals surface area contributed by atoms with Crippen LogP contribution in [0.4, 0.5) is 4.79 Å². The van der Waals surface area contributed by atoms with E-state index in [1.807, 2.05) is 20.8 Å². The van der Waals surface area contributed by atoms with Crippen LogP contribution in [0.15, 0.2) is 0 Å². The van der Waals surface area contributed by atoms with Crippen molar-refractivity contribution in [2.45, 2.75) is 92.3 Å². The fraction of sp³-hybridized carbons (Fsp3) is 0.938. The molecule has 114 valence electrons. The summed E-state index contributed by atoms with van der Waals surface area (Å²) in [6.07, 6.45) is 6.62. The summed E-state index contributed by atoms with van der Waals surface area (Å²) in [6.45, 7) is 12.1. The molecule has 1 unspecified atom stereocenters. The quantitative estimate of drug-likeness (QED) is 0.421. The highest BCUT2D eigenvalue weighted by molar-refractivity contribution is 5.60. The van der Waals surface area contributed by atoms with Gasteiger partial charge in [-0.3, -0.25) is 0 Å². The van der Waals surface area contributed by atoms with Gasteiger partial charge in [-0.2, -0.15) is 0 Å². The molecule has 0 aromatic heterocycles. The van der Waals surface area contributed by atoms with Crippen LogP contribution in [0.2, 0.25) is 0 Å². The maximum atomic E-state index is 11.5. The van der Waals surface area contributed by atoms with Crippen LogP contribution in [0.5, 0.6) is 0 Å². The number of hydrogen-bond acceptors (Lipinski definition) is 3. The highest BCUT2D eigenvalue weighted by Gasteiger charge is 2.29. The molecule has 0 aromatic carbocycles. The van der Waals surface area contributed by atoms with Crippen LogP contribution in [-0.4, -0.2) is 18.4 Å². The summed E-state index contributed by atoms with van der Waals surface area (Å²) in [4.78, 5) is 11.5. The predicted molar refractivity (Wildman–Crippen MR) is 79.3 cm³/mol. The normalized spacial score (nSPS) is 13.4. The second-order valence-corrected chi connectivity index (χ2v) is 6.33. The minimum Gasteiger partial charge on any atom is -0.432 e. The maximum Gasteiger partial charge on any atom is 0.508 e. The van der Waals surface area contributed by atoms with Crippen LogP contribution >= 0.6 is 0 Å². The van der Waals surface area contributed by atoms with Crippen LogP contribution in [0, 0.1) is 5.41 Å². The van der Waals surface area contributed by atoms with Gasteiger partial charge in [0.15, 0.2) is 0 Å². The summed E-state index contributed by atoms with van der Waals surface area (Å²) in [5, 5.41) is 0. The number of rotatable bonds is 9. The standard InChI is InChI=1S/C16H32O3/c1-7-8-9-10-11-12-16(5,6)14(4)19-15(17)18-13(2)3/h13-14H,7-12H2,1-6H3. The third-order valence-electron chi connectivity index (χ3n) is 3.63. The average molecular weight is 272 g/mol. The van der Waals surface area contributed by atoms with Gasteiger partial charge in [-0.25, -0.2) is 4.79 Å². The Bertz CT molecular complexity index is 246. The lowest BCUT2D eigenvalue weighted by Gasteiger charge is -2.31. The fourth-order valence-corrected chi connectivity index (χ4v) is 1.91. The molecular weight excluding hydrogens is 240 g/mol. The molecule has 3 heteroatoms. The first-order chi connectivity index (χ1) is 8.79. The van der Waals surface area contributed by atoms with Crippen molar-refractivity contribution < 1.29 is 14.3 Å². The van der Waals surface area contributed by atoms with E-state index < -0.39 is 6.16 Å². The minimum absolute atomic E-state index is 0.00220. The molecular formula is C16H32O3. The molecule has 0 aliphatic heterocycles. The van der Waals surface area contributed by atoms with Gasteiger partial charge < -0.3 is 9.47 Å². The Balaban J connectivity index is 3.98. The van der Waals surface area contributed by atoms with Crippen LogP contribution in [0.3, 0.4) is 0 Å². The first kappa shape index (κ1) is 18.3. The van der Waals surface area contributed by atoms with Gasteiger partial charge in [0.2, 0.25) is 0 Å². The number of ether oxygens (including phenoxy) is 2. The van der Waals surface area contributed by atoms with E-state index in [9.17, 15) is 4.79 Å². The molecule has 0 amide bonds. The van der Waals surface area contributed by atoms with E-state index in [0.29, 0.717) is 0 Å².